The number of carbonyl (C=O) groups excluding carboxylic acids is 1. The number of hydrogen-bond acceptors (Lipinski definition) is 5. The van der Waals surface area contributed by atoms with Gasteiger partial charge in [0.1, 0.15) is 0 Å². The Bertz CT molecular complexity index is 231. The van der Waals surface area contributed by atoms with Crippen molar-refractivity contribution in [1.82, 2.24) is 0 Å². The second kappa shape index (κ2) is 19.1. The molecule has 0 aromatic carbocycles. The van der Waals surface area contributed by atoms with Gasteiger partial charge in [-0.2, -0.15) is 0 Å². The molecule has 0 saturated carbocycles. The van der Waals surface area contributed by atoms with Gasteiger partial charge in [-0.1, -0.05) is 39.7 Å². The van der Waals surface area contributed by atoms with Crippen LogP contribution in [0.3, 0.4) is 0 Å². The predicted molar refractivity (Wildman–Crippen MR) is 84.2 cm³/mol. The van der Waals surface area contributed by atoms with E-state index in [2.05, 4.69) is 25.2 Å². The van der Waals surface area contributed by atoms with Gasteiger partial charge in [-0.05, 0) is 12.3 Å². The first-order valence-corrected chi connectivity index (χ1v) is 7.62. The van der Waals surface area contributed by atoms with Crippen LogP contribution in [0.25, 0.3) is 0 Å². The highest BCUT2D eigenvalue weighted by Crippen LogP contribution is 2.12. The summed E-state index contributed by atoms with van der Waals surface area (Å²) >= 11 is 0. The quantitative estimate of drug-likeness (QED) is 0.341. The molecule has 5 heteroatoms. The molecule has 0 aliphatic carbocycles. The highest BCUT2D eigenvalue weighted by atomic mass is 16.5. The number of aliphatic hydroxyl groups is 1. The van der Waals surface area contributed by atoms with Crippen molar-refractivity contribution in [1.29, 1.82) is 0 Å². The summed E-state index contributed by atoms with van der Waals surface area (Å²) in [6.07, 6.45) is 6.13. The lowest BCUT2D eigenvalue weighted by Gasteiger charge is -2.14. The molecule has 0 fully saturated rings. The molecule has 0 aliphatic rings. The molecular weight excluding hydrogens is 272 g/mol. The summed E-state index contributed by atoms with van der Waals surface area (Å²) in [5, 5.41) is 8.48. The van der Waals surface area contributed by atoms with Gasteiger partial charge in [0.25, 0.3) is 0 Å². The summed E-state index contributed by atoms with van der Waals surface area (Å²) in [5.74, 6) is 0.304. The van der Waals surface area contributed by atoms with Gasteiger partial charge in [0.2, 0.25) is 0 Å². The first-order chi connectivity index (χ1) is 10.2. The van der Waals surface area contributed by atoms with Crippen LogP contribution in [0.1, 0.15) is 39.5 Å². The van der Waals surface area contributed by atoms with Crippen LogP contribution in [0, 0.1) is 5.92 Å². The second-order valence-electron chi connectivity index (χ2n) is 4.55. The lowest BCUT2D eigenvalue weighted by molar-refractivity contribution is -0.134. The van der Waals surface area contributed by atoms with Crippen LogP contribution >= 0.6 is 0 Å². The summed E-state index contributed by atoms with van der Waals surface area (Å²) in [6, 6.07) is 0. The summed E-state index contributed by atoms with van der Waals surface area (Å²) < 4.78 is 14.8. The van der Waals surface area contributed by atoms with Crippen LogP contribution in [0.2, 0.25) is 0 Å². The van der Waals surface area contributed by atoms with Gasteiger partial charge in [-0.15, -0.1) is 0 Å². The van der Waals surface area contributed by atoms with Gasteiger partial charge in [-0.25, -0.2) is 4.79 Å². The van der Waals surface area contributed by atoms with Gasteiger partial charge in [0.15, 0.2) is 0 Å². The van der Waals surface area contributed by atoms with E-state index in [4.69, 9.17) is 14.6 Å². The summed E-state index contributed by atoms with van der Waals surface area (Å²) in [4.78, 5) is 9.84. The third kappa shape index (κ3) is 19.1. The molecule has 0 radical (unpaired) electrons. The lowest BCUT2D eigenvalue weighted by atomic mass is 10.0. The molecule has 5 nitrogen and oxygen atoms in total. The Hall–Kier alpha value is -0.910. The molecule has 0 bridgehead atoms. The molecule has 21 heavy (non-hydrogen) atoms. The van der Waals surface area contributed by atoms with Crippen LogP contribution < -0.4 is 0 Å². The Labute approximate surface area is 129 Å². The van der Waals surface area contributed by atoms with Gasteiger partial charge < -0.3 is 19.3 Å². The van der Waals surface area contributed by atoms with Crippen LogP contribution in [-0.2, 0) is 19.0 Å². The normalized spacial score (nSPS) is 11.2. The van der Waals surface area contributed by atoms with Crippen molar-refractivity contribution >= 4 is 5.97 Å². The number of hydrogen-bond donors (Lipinski definition) is 1. The monoisotopic (exact) mass is 304 g/mol. The third-order valence-corrected chi connectivity index (χ3v) is 2.87. The third-order valence-electron chi connectivity index (χ3n) is 2.87. The predicted octanol–water partition coefficient (Wildman–Crippen LogP) is 2.57. The summed E-state index contributed by atoms with van der Waals surface area (Å²) in [6.45, 7) is 10.2. The summed E-state index contributed by atoms with van der Waals surface area (Å²) in [5.41, 5.74) is 0. The number of aliphatic hydroxyl groups excluding tert-OH is 1. The van der Waals surface area contributed by atoms with Crippen LogP contribution in [-0.4, -0.2) is 51.2 Å². The van der Waals surface area contributed by atoms with E-state index in [9.17, 15) is 4.79 Å². The Balaban J connectivity index is 0. The van der Waals surface area contributed by atoms with Crippen molar-refractivity contribution < 1.29 is 24.1 Å². The fourth-order valence-electron chi connectivity index (χ4n) is 1.52. The number of methoxy groups -OCH3 is 1. The molecule has 0 spiro atoms. The molecule has 0 aliphatic heterocycles. The Morgan fingerprint density at radius 3 is 2.33 bits per heavy atom. The molecule has 0 amide bonds. The minimum Gasteiger partial charge on any atom is -0.466 e. The molecule has 1 atom stereocenters. The molecule has 1 unspecified atom stereocenters. The van der Waals surface area contributed by atoms with E-state index in [0.29, 0.717) is 25.7 Å². The maximum atomic E-state index is 9.84. The summed E-state index contributed by atoms with van der Waals surface area (Å²) in [7, 11) is 1.31. The Morgan fingerprint density at radius 2 is 1.90 bits per heavy atom. The Kier molecular flexibility index (Phi) is 20.3. The van der Waals surface area contributed by atoms with E-state index in [1.54, 1.807) is 0 Å². The smallest absolute Gasteiger partial charge is 0.329 e. The maximum absolute atomic E-state index is 9.84. The van der Waals surface area contributed by atoms with Gasteiger partial charge in [0, 0.05) is 12.7 Å². The van der Waals surface area contributed by atoms with E-state index in [1.807, 2.05) is 0 Å². The van der Waals surface area contributed by atoms with Crippen LogP contribution in [0.15, 0.2) is 12.7 Å². The largest absolute Gasteiger partial charge is 0.466 e. The molecule has 1 N–H and O–H groups in total. The Morgan fingerprint density at radius 1 is 1.24 bits per heavy atom. The zero-order valence-corrected chi connectivity index (χ0v) is 13.8. The van der Waals surface area contributed by atoms with Crippen molar-refractivity contribution in [3.8, 4) is 0 Å². The topological polar surface area (TPSA) is 65.0 Å². The van der Waals surface area contributed by atoms with Crippen molar-refractivity contribution in [3.05, 3.63) is 12.7 Å². The first kappa shape index (κ1) is 22.4. The number of unbranched alkanes of at least 4 members (excludes halogenated alkanes) is 1. The van der Waals surface area contributed by atoms with E-state index >= 15 is 0 Å². The molecule has 126 valence electrons. The first-order valence-electron chi connectivity index (χ1n) is 7.62. The van der Waals surface area contributed by atoms with Crippen molar-refractivity contribution in [2.24, 2.45) is 5.92 Å². The molecule has 0 heterocycles. The standard InChI is InChI=1S/C12H26O3.C4H6O2/c1-3-5-6-12(4-2)11-15-10-9-14-8-7-13;1-3-4(5)6-2/h12-13H,3-11H2,1-2H3;3H,1H2,2H3. The molecule has 0 aromatic rings. The fourth-order valence-corrected chi connectivity index (χ4v) is 1.52. The minimum atomic E-state index is -0.394. The van der Waals surface area contributed by atoms with Crippen LogP contribution in [0.4, 0.5) is 0 Å². The zero-order chi connectivity index (χ0) is 16.3. The van der Waals surface area contributed by atoms with E-state index < -0.39 is 5.97 Å². The second-order valence-corrected chi connectivity index (χ2v) is 4.55. The van der Waals surface area contributed by atoms with E-state index in [1.165, 1.54) is 32.8 Å². The molecular formula is C16H32O5. The number of carbonyl (C=O) groups is 1. The highest BCUT2D eigenvalue weighted by molar-refractivity contribution is 5.80. The average Bonchev–Trinajstić information content (AvgIpc) is 2.53. The minimum absolute atomic E-state index is 0.0914. The van der Waals surface area contributed by atoms with Gasteiger partial charge in [-0.3, -0.25) is 0 Å². The van der Waals surface area contributed by atoms with Gasteiger partial charge >= 0.3 is 5.97 Å². The average molecular weight is 304 g/mol. The van der Waals surface area contributed by atoms with Crippen molar-refractivity contribution in [3.63, 3.8) is 0 Å². The van der Waals surface area contributed by atoms with E-state index in [0.717, 1.165) is 12.7 Å². The van der Waals surface area contributed by atoms with E-state index in [-0.39, 0.29) is 6.61 Å². The molecule has 0 aromatic heterocycles. The fraction of sp³-hybridized carbons (Fsp3) is 0.812. The number of rotatable bonds is 12. The highest BCUT2D eigenvalue weighted by Gasteiger charge is 2.05. The maximum Gasteiger partial charge on any atom is 0.329 e. The van der Waals surface area contributed by atoms with Crippen LogP contribution in [0.5, 0.6) is 0 Å². The molecule has 0 rings (SSSR count). The number of esters is 1. The van der Waals surface area contributed by atoms with Gasteiger partial charge in [0.05, 0.1) is 33.5 Å². The van der Waals surface area contributed by atoms with Crippen molar-refractivity contribution in [2.75, 3.05) is 40.1 Å². The number of ether oxygens (including phenoxy) is 3. The SMILES string of the molecule is C=CC(=O)OC.CCCCC(CC)COCCOCCO. The zero-order valence-electron chi connectivity index (χ0n) is 13.8. The molecule has 0 saturated heterocycles. The van der Waals surface area contributed by atoms with Crippen molar-refractivity contribution in [2.45, 2.75) is 39.5 Å². The lowest BCUT2D eigenvalue weighted by Crippen LogP contribution is -2.13.